The summed E-state index contributed by atoms with van der Waals surface area (Å²) in [5, 5.41) is 6.15. The Labute approximate surface area is 161 Å². The zero-order valence-electron chi connectivity index (χ0n) is 15.7. The molecule has 1 unspecified atom stereocenters. The molecule has 2 aromatic rings. The van der Waals surface area contributed by atoms with Crippen molar-refractivity contribution in [2.75, 3.05) is 5.32 Å². The molecule has 0 fully saturated rings. The normalized spacial score (nSPS) is 11.7. The molecular weight excluding hydrogens is 344 g/mol. The minimum atomic E-state index is -0.250. The van der Waals surface area contributed by atoms with Crippen LogP contribution in [0.15, 0.2) is 48.5 Å². The van der Waals surface area contributed by atoms with Gasteiger partial charge in [0.15, 0.2) is 5.11 Å². The van der Waals surface area contributed by atoms with Crippen LogP contribution in [0.5, 0.6) is 5.75 Å². The van der Waals surface area contributed by atoms with E-state index in [2.05, 4.69) is 30.5 Å². The highest BCUT2D eigenvalue weighted by atomic mass is 32.1. The number of anilines is 1. The van der Waals surface area contributed by atoms with E-state index in [0.717, 1.165) is 17.9 Å². The van der Waals surface area contributed by atoms with Crippen LogP contribution in [-0.2, 0) is 0 Å². The summed E-state index contributed by atoms with van der Waals surface area (Å²) in [5.74, 6) is 0.894. The van der Waals surface area contributed by atoms with Crippen molar-refractivity contribution < 1.29 is 9.53 Å². The Bertz CT molecular complexity index is 757. The van der Waals surface area contributed by atoms with Gasteiger partial charge in [-0.2, -0.15) is 0 Å². The summed E-state index contributed by atoms with van der Waals surface area (Å²) in [5.41, 5.74) is 2.63. The van der Waals surface area contributed by atoms with Crippen LogP contribution in [0.3, 0.4) is 0 Å². The van der Waals surface area contributed by atoms with Gasteiger partial charge in [-0.05, 0) is 74.3 Å². The molecule has 0 saturated carbocycles. The Morgan fingerprint density at radius 2 is 1.73 bits per heavy atom. The van der Waals surface area contributed by atoms with Gasteiger partial charge in [0.1, 0.15) is 5.75 Å². The average molecular weight is 371 g/mol. The van der Waals surface area contributed by atoms with E-state index in [9.17, 15) is 4.79 Å². The molecule has 1 atom stereocenters. The first-order valence-electron chi connectivity index (χ1n) is 8.88. The van der Waals surface area contributed by atoms with Crippen molar-refractivity contribution in [2.24, 2.45) is 0 Å². The number of nitrogens with one attached hydrogen (secondary N) is 2. The third-order valence-corrected chi connectivity index (χ3v) is 4.27. The predicted molar refractivity (Wildman–Crippen MR) is 111 cm³/mol. The number of thiocarbonyl (C=S) groups is 1. The van der Waals surface area contributed by atoms with Crippen LogP contribution >= 0.6 is 12.2 Å². The maximum atomic E-state index is 12.4. The third kappa shape index (κ3) is 5.56. The molecule has 2 aromatic carbocycles. The van der Waals surface area contributed by atoms with Crippen LogP contribution in [0.25, 0.3) is 0 Å². The fourth-order valence-electron chi connectivity index (χ4n) is 2.55. The molecule has 0 saturated heterocycles. The van der Waals surface area contributed by atoms with E-state index in [-0.39, 0.29) is 17.1 Å². The molecule has 4 nitrogen and oxygen atoms in total. The molecule has 26 heavy (non-hydrogen) atoms. The number of hydrogen-bond donors (Lipinski definition) is 2. The number of carbonyl (C=O) groups is 1. The summed E-state index contributed by atoms with van der Waals surface area (Å²) in [7, 11) is 0. The summed E-state index contributed by atoms with van der Waals surface area (Å²) in [6.07, 6.45) is 1.12. The van der Waals surface area contributed by atoms with E-state index in [1.54, 1.807) is 24.3 Å². The van der Waals surface area contributed by atoms with Crippen LogP contribution in [0.1, 0.15) is 56.0 Å². The van der Waals surface area contributed by atoms with Crippen molar-refractivity contribution in [3.05, 3.63) is 59.7 Å². The van der Waals surface area contributed by atoms with Gasteiger partial charge in [0.05, 0.1) is 6.10 Å². The van der Waals surface area contributed by atoms with E-state index in [4.69, 9.17) is 17.0 Å². The Hall–Kier alpha value is -2.40. The van der Waals surface area contributed by atoms with Gasteiger partial charge < -0.3 is 10.1 Å². The quantitative estimate of drug-likeness (QED) is 0.694. The van der Waals surface area contributed by atoms with Crippen molar-refractivity contribution >= 4 is 28.9 Å². The van der Waals surface area contributed by atoms with Crippen LogP contribution in [0.2, 0.25) is 0 Å². The van der Waals surface area contributed by atoms with E-state index in [1.807, 2.05) is 32.0 Å². The SMILES string of the molecule is CCC(C)c1ccccc1NC(=S)NC(=O)c1ccc(OC(C)C)cc1. The van der Waals surface area contributed by atoms with Crippen molar-refractivity contribution in [1.29, 1.82) is 0 Å². The fourth-order valence-corrected chi connectivity index (χ4v) is 2.75. The van der Waals surface area contributed by atoms with Gasteiger partial charge in [0, 0.05) is 11.3 Å². The molecule has 0 bridgehead atoms. The number of amides is 1. The molecule has 2 N–H and O–H groups in total. The number of ether oxygens (including phenoxy) is 1. The number of hydrogen-bond acceptors (Lipinski definition) is 3. The summed E-state index contributed by atoms with van der Waals surface area (Å²) >= 11 is 5.31. The second-order valence-electron chi connectivity index (χ2n) is 6.50. The van der Waals surface area contributed by atoms with Gasteiger partial charge in [-0.15, -0.1) is 0 Å². The smallest absolute Gasteiger partial charge is 0.257 e. The van der Waals surface area contributed by atoms with Crippen molar-refractivity contribution in [2.45, 2.75) is 46.1 Å². The Kier molecular flexibility index (Phi) is 7.16. The highest BCUT2D eigenvalue weighted by molar-refractivity contribution is 7.80. The summed E-state index contributed by atoms with van der Waals surface area (Å²) in [6, 6.07) is 15.0. The van der Waals surface area contributed by atoms with E-state index < -0.39 is 0 Å². The molecule has 0 radical (unpaired) electrons. The van der Waals surface area contributed by atoms with Gasteiger partial charge in [0.2, 0.25) is 0 Å². The van der Waals surface area contributed by atoms with Crippen molar-refractivity contribution in [3.8, 4) is 5.75 Å². The van der Waals surface area contributed by atoms with Crippen LogP contribution in [-0.4, -0.2) is 17.1 Å². The summed E-state index contributed by atoms with van der Waals surface area (Å²) < 4.78 is 5.59. The van der Waals surface area contributed by atoms with Gasteiger partial charge >= 0.3 is 0 Å². The van der Waals surface area contributed by atoms with Crippen LogP contribution < -0.4 is 15.4 Å². The van der Waals surface area contributed by atoms with Crippen LogP contribution in [0, 0.1) is 0 Å². The number of para-hydroxylation sites is 1. The zero-order chi connectivity index (χ0) is 19.1. The molecule has 0 aliphatic carbocycles. The Morgan fingerprint density at radius 1 is 1.08 bits per heavy atom. The molecule has 0 spiro atoms. The number of benzene rings is 2. The van der Waals surface area contributed by atoms with Gasteiger partial charge in [0.25, 0.3) is 5.91 Å². The Morgan fingerprint density at radius 3 is 2.35 bits per heavy atom. The monoisotopic (exact) mass is 370 g/mol. The first-order valence-corrected chi connectivity index (χ1v) is 9.29. The second-order valence-corrected chi connectivity index (χ2v) is 6.90. The second kappa shape index (κ2) is 9.34. The highest BCUT2D eigenvalue weighted by Gasteiger charge is 2.12. The zero-order valence-corrected chi connectivity index (χ0v) is 16.5. The van der Waals surface area contributed by atoms with Gasteiger partial charge in [-0.3, -0.25) is 10.1 Å². The summed E-state index contributed by atoms with van der Waals surface area (Å²) in [4.78, 5) is 12.4. The molecule has 0 aromatic heterocycles. The molecule has 2 rings (SSSR count). The summed E-state index contributed by atoms with van der Waals surface area (Å²) in [6.45, 7) is 8.24. The largest absolute Gasteiger partial charge is 0.491 e. The average Bonchev–Trinajstić information content (AvgIpc) is 2.61. The lowest BCUT2D eigenvalue weighted by atomic mass is 9.97. The highest BCUT2D eigenvalue weighted by Crippen LogP contribution is 2.26. The lowest BCUT2D eigenvalue weighted by molar-refractivity contribution is 0.0977. The fraction of sp³-hybridized carbons (Fsp3) is 0.333. The molecule has 0 aliphatic rings. The maximum absolute atomic E-state index is 12.4. The minimum absolute atomic E-state index is 0.0945. The molecular formula is C21H26N2O2S. The standard InChI is InChI=1S/C21H26N2O2S/c1-5-15(4)18-8-6-7-9-19(18)22-21(26)23-20(24)16-10-12-17(13-11-16)25-14(2)3/h6-15H,5H2,1-4H3,(H2,22,23,24,26). The number of carbonyl (C=O) groups excluding carboxylic acids is 1. The van der Waals surface area contributed by atoms with Gasteiger partial charge in [-0.1, -0.05) is 32.0 Å². The first-order chi connectivity index (χ1) is 12.4. The van der Waals surface area contributed by atoms with E-state index >= 15 is 0 Å². The maximum Gasteiger partial charge on any atom is 0.257 e. The Balaban J connectivity index is 2.01. The van der Waals surface area contributed by atoms with E-state index in [1.165, 1.54) is 5.56 Å². The number of rotatable bonds is 6. The van der Waals surface area contributed by atoms with E-state index in [0.29, 0.717) is 11.5 Å². The van der Waals surface area contributed by atoms with Gasteiger partial charge in [-0.25, -0.2) is 0 Å². The minimum Gasteiger partial charge on any atom is -0.491 e. The molecule has 1 amide bonds. The van der Waals surface area contributed by atoms with Crippen molar-refractivity contribution in [3.63, 3.8) is 0 Å². The molecule has 5 heteroatoms. The van der Waals surface area contributed by atoms with Crippen molar-refractivity contribution in [1.82, 2.24) is 5.32 Å². The predicted octanol–water partition coefficient (Wildman–Crippen LogP) is 5.11. The first kappa shape index (κ1) is 19.9. The lowest BCUT2D eigenvalue weighted by Gasteiger charge is -2.17. The molecule has 0 heterocycles. The topological polar surface area (TPSA) is 50.4 Å². The third-order valence-electron chi connectivity index (χ3n) is 4.07. The van der Waals surface area contributed by atoms with Crippen LogP contribution in [0.4, 0.5) is 5.69 Å². The molecule has 138 valence electrons. The molecule has 0 aliphatic heterocycles. The lowest BCUT2D eigenvalue weighted by Crippen LogP contribution is -2.34.